The normalized spacial score (nSPS) is 11.9. The standard InChI is InChI=1S/C22H20O2Si/c1-23-25(24-2,21-15-13-17-9-5-3-7-11-19(17)21)22-16-14-18-10-6-4-8-12-20(18)22/h3-16H,1-2H3. The van der Waals surface area contributed by atoms with Crippen LogP contribution < -0.4 is 10.4 Å². The molecule has 0 saturated heterocycles. The van der Waals surface area contributed by atoms with Gasteiger partial charge in [-0.05, 0) is 22.3 Å². The number of fused-ring (bicyclic) bond motifs is 2. The Morgan fingerprint density at radius 3 is 1.40 bits per heavy atom. The third-order valence-corrected chi connectivity index (χ3v) is 8.31. The van der Waals surface area contributed by atoms with Crippen LogP contribution in [0.4, 0.5) is 0 Å². The van der Waals surface area contributed by atoms with Gasteiger partial charge < -0.3 is 8.85 Å². The van der Waals surface area contributed by atoms with Crippen LogP contribution in [0.2, 0.25) is 0 Å². The largest absolute Gasteiger partial charge is 0.407 e. The Bertz CT molecular complexity index is 871. The van der Waals surface area contributed by atoms with E-state index < -0.39 is 8.56 Å². The molecule has 0 saturated carbocycles. The first kappa shape index (κ1) is 16.0. The fourth-order valence-corrected chi connectivity index (χ4v) is 6.78. The molecule has 0 amide bonds. The quantitative estimate of drug-likeness (QED) is 0.525. The summed E-state index contributed by atoms with van der Waals surface area (Å²) < 4.78 is 12.3. The van der Waals surface area contributed by atoms with Gasteiger partial charge in [-0.2, -0.15) is 0 Å². The van der Waals surface area contributed by atoms with Crippen molar-refractivity contribution >= 4 is 18.9 Å². The molecule has 0 spiro atoms. The van der Waals surface area contributed by atoms with Crippen LogP contribution in [0.1, 0.15) is 0 Å². The summed E-state index contributed by atoms with van der Waals surface area (Å²) in [4.78, 5) is 0. The fourth-order valence-electron chi connectivity index (χ4n) is 3.67. The molecule has 0 aromatic heterocycles. The molecule has 4 aliphatic rings. The highest BCUT2D eigenvalue weighted by molar-refractivity contribution is 6.94. The molecule has 0 heterocycles. The van der Waals surface area contributed by atoms with Gasteiger partial charge >= 0.3 is 8.56 Å². The Morgan fingerprint density at radius 1 is 0.520 bits per heavy atom. The highest BCUT2D eigenvalue weighted by Gasteiger charge is 2.45. The Labute approximate surface area is 149 Å². The lowest BCUT2D eigenvalue weighted by Crippen LogP contribution is -2.62. The van der Waals surface area contributed by atoms with Gasteiger partial charge in [0.15, 0.2) is 0 Å². The van der Waals surface area contributed by atoms with Gasteiger partial charge in [0.1, 0.15) is 0 Å². The van der Waals surface area contributed by atoms with E-state index in [9.17, 15) is 0 Å². The molecule has 0 aromatic rings. The smallest absolute Gasteiger partial charge is 0.391 e. The Morgan fingerprint density at radius 2 is 0.960 bits per heavy atom. The van der Waals surface area contributed by atoms with Crippen LogP contribution in [-0.2, 0) is 8.85 Å². The van der Waals surface area contributed by atoms with Gasteiger partial charge in [0.05, 0.1) is 0 Å². The average Bonchev–Trinajstić information content (AvgIpc) is 3.05. The van der Waals surface area contributed by atoms with Crippen LogP contribution in [0, 0.1) is 0 Å². The van der Waals surface area contributed by atoms with E-state index in [4.69, 9.17) is 8.85 Å². The first-order valence-electron chi connectivity index (χ1n) is 8.37. The minimum Gasteiger partial charge on any atom is -0.391 e. The summed E-state index contributed by atoms with van der Waals surface area (Å²) in [7, 11) is 0.734. The second-order valence-electron chi connectivity index (χ2n) is 6.08. The molecule has 0 N–H and O–H groups in total. The summed E-state index contributed by atoms with van der Waals surface area (Å²) in [6.45, 7) is 0. The Hall–Kier alpha value is -2.46. The Kier molecular flexibility index (Phi) is 4.13. The first-order chi connectivity index (χ1) is 12.3. The molecule has 4 aliphatic carbocycles. The van der Waals surface area contributed by atoms with Crippen molar-refractivity contribution in [2.75, 3.05) is 14.2 Å². The van der Waals surface area contributed by atoms with Crippen molar-refractivity contribution < 1.29 is 8.85 Å². The lowest BCUT2D eigenvalue weighted by Gasteiger charge is -2.28. The van der Waals surface area contributed by atoms with Crippen LogP contribution >= 0.6 is 0 Å². The van der Waals surface area contributed by atoms with Crippen LogP contribution in [0.15, 0.2) is 84.9 Å². The second-order valence-corrected chi connectivity index (χ2v) is 9.21. The predicted octanol–water partition coefficient (Wildman–Crippen LogP) is 3.75. The molecule has 0 aromatic carbocycles. The summed E-state index contributed by atoms with van der Waals surface area (Å²) in [6.07, 6.45) is 0. The third kappa shape index (κ3) is 2.48. The van der Waals surface area contributed by atoms with Crippen LogP contribution in [0.5, 0.6) is 0 Å². The average molecular weight is 344 g/mol. The SMILES string of the molecule is CO[Si](OC)(c1ccc2cccccc1-2)c1ccc2cccccc1-2. The monoisotopic (exact) mass is 344 g/mol. The summed E-state index contributed by atoms with van der Waals surface area (Å²) in [5.41, 5.74) is 4.78. The first-order valence-corrected chi connectivity index (χ1v) is 10.2. The maximum absolute atomic E-state index is 6.17. The van der Waals surface area contributed by atoms with E-state index in [0.717, 1.165) is 10.4 Å². The highest BCUT2D eigenvalue weighted by atomic mass is 28.4. The van der Waals surface area contributed by atoms with Crippen molar-refractivity contribution in [1.29, 1.82) is 0 Å². The van der Waals surface area contributed by atoms with E-state index in [2.05, 4.69) is 72.8 Å². The summed E-state index contributed by atoms with van der Waals surface area (Å²) >= 11 is 0. The lowest BCUT2D eigenvalue weighted by molar-refractivity contribution is 0.273. The lowest BCUT2D eigenvalue weighted by atomic mass is 10.2. The maximum atomic E-state index is 6.17. The molecule has 0 fully saturated rings. The van der Waals surface area contributed by atoms with Crippen molar-refractivity contribution in [2.24, 2.45) is 0 Å². The van der Waals surface area contributed by atoms with Gasteiger partial charge in [-0.1, -0.05) is 84.9 Å². The van der Waals surface area contributed by atoms with E-state index in [1.54, 1.807) is 14.2 Å². The van der Waals surface area contributed by atoms with E-state index in [1.807, 2.05) is 12.1 Å². The van der Waals surface area contributed by atoms with Crippen molar-refractivity contribution in [2.45, 2.75) is 0 Å². The third-order valence-electron chi connectivity index (χ3n) is 4.87. The van der Waals surface area contributed by atoms with E-state index in [1.165, 1.54) is 22.3 Å². The number of rotatable bonds is 4. The van der Waals surface area contributed by atoms with E-state index in [0.29, 0.717) is 0 Å². The van der Waals surface area contributed by atoms with Crippen molar-refractivity contribution in [3.63, 3.8) is 0 Å². The highest BCUT2D eigenvalue weighted by Crippen LogP contribution is 2.28. The molecule has 0 atom stereocenters. The zero-order chi connectivity index (χ0) is 17.3. The topological polar surface area (TPSA) is 18.5 Å². The summed E-state index contributed by atoms with van der Waals surface area (Å²) in [5.74, 6) is 0. The predicted molar refractivity (Wildman–Crippen MR) is 105 cm³/mol. The molecule has 0 unspecified atom stereocenters. The summed E-state index contributed by atoms with van der Waals surface area (Å²) in [5, 5.41) is 2.31. The molecule has 4 rings (SSSR count). The van der Waals surface area contributed by atoms with Gasteiger partial charge in [-0.3, -0.25) is 0 Å². The van der Waals surface area contributed by atoms with Gasteiger partial charge in [0, 0.05) is 24.6 Å². The van der Waals surface area contributed by atoms with Crippen molar-refractivity contribution in [1.82, 2.24) is 0 Å². The van der Waals surface area contributed by atoms with Crippen molar-refractivity contribution in [3.8, 4) is 22.3 Å². The number of hydrogen-bond acceptors (Lipinski definition) is 2. The molecule has 0 radical (unpaired) electrons. The van der Waals surface area contributed by atoms with Crippen LogP contribution in [-0.4, -0.2) is 22.8 Å². The van der Waals surface area contributed by atoms with E-state index in [-0.39, 0.29) is 0 Å². The molecule has 0 aliphatic heterocycles. The molecule has 3 heteroatoms. The zero-order valence-corrected chi connectivity index (χ0v) is 15.4. The van der Waals surface area contributed by atoms with Gasteiger partial charge in [0.25, 0.3) is 0 Å². The fraction of sp³-hybridized carbons (Fsp3) is 0.0909. The Balaban J connectivity index is 1.98. The van der Waals surface area contributed by atoms with Crippen LogP contribution in [0.3, 0.4) is 0 Å². The molecule has 0 bridgehead atoms. The van der Waals surface area contributed by atoms with Gasteiger partial charge in [-0.15, -0.1) is 0 Å². The van der Waals surface area contributed by atoms with Crippen LogP contribution in [0.25, 0.3) is 22.3 Å². The zero-order valence-electron chi connectivity index (χ0n) is 14.4. The summed E-state index contributed by atoms with van der Waals surface area (Å²) in [6, 6.07) is 29.5. The minimum atomic E-state index is -2.79. The van der Waals surface area contributed by atoms with Gasteiger partial charge in [0.2, 0.25) is 0 Å². The molecular formula is C22H20O2Si. The minimum absolute atomic E-state index is 1.16. The number of hydrogen-bond donors (Lipinski definition) is 0. The van der Waals surface area contributed by atoms with Crippen molar-refractivity contribution in [3.05, 3.63) is 84.9 Å². The van der Waals surface area contributed by atoms with E-state index >= 15 is 0 Å². The molecular weight excluding hydrogens is 324 g/mol. The molecule has 2 nitrogen and oxygen atoms in total. The van der Waals surface area contributed by atoms with Gasteiger partial charge in [-0.25, -0.2) is 0 Å². The maximum Gasteiger partial charge on any atom is 0.407 e. The molecule has 25 heavy (non-hydrogen) atoms. The second kappa shape index (κ2) is 6.45. The molecule has 124 valence electrons.